The second kappa shape index (κ2) is 11.3. The Bertz CT molecular complexity index is 1240. The minimum absolute atomic E-state index is 0.0268. The van der Waals surface area contributed by atoms with Crippen LogP contribution in [0.2, 0.25) is 0 Å². The van der Waals surface area contributed by atoms with Crippen molar-refractivity contribution in [2.45, 2.75) is 55.2 Å². The number of pyridine rings is 2. The van der Waals surface area contributed by atoms with E-state index in [2.05, 4.69) is 20.0 Å². The number of carbonyl (C=O) groups is 2. The van der Waals surface area contributed by atoms with Crippen LogP contribution in [-0.4, -0.2) is 68.0 Å². The number of amides is 1. The Balaban J connectivity index is 1.72. The molecule has 0 spiro atoms. The van der Waals surface area contributed by atoms with Crippen LogP contribution >= 0.6 is 0 Å². The van der Waals surface area contributed by atoms with Crippen LogP contribution in [0, 0.1) is 5.92 Å². The summed E-state index contributed by atoms with van der Waals surface area (Å²) in [6.45, 7) is 3.36. The maximum absolute atomic E-state index is 13.1. The zero-order valence-electron chi connectivity index (χ0n) is 19.5. The molecule has 1 aliphatic heterocycles. The molecule has 2 atom stereocenters. The predicted octanol–water partition coefficient (Wildman–Crippen LogP) is 0.708. The lowest BCUT2D eigenvalue weighted by Gasteiger charge is -2.23. The van der Waals surface area contributed by atoms with E-state index in [1.54, 1.807) is 18.2 Å². The number of aromatic nitrogens is 2. The normalized spacial score (nSPS) is 18.7. The van der Waals surface area contributed by atoms with Gasteiger partial charge in [-0.15, -0.1) is 0 Å². The first kappa shape index (κ1) is 26.9. The SMILES string of the molecule is CC(C)C[C@H](NS(=O)(=O)c1ccccn1)C(=O)NC1CCCN(S(=O)(=O)c2ccccn2)CC1=O. The van der Waals surface area contributed by atoms with Crippen LogP contribution in [0.3, 0.4) is 0 Å². The highest BCUT2D eigenvalue weighted by atomic mass is 32.2. The van der Waals surface area contributed by atoms with Gasteiger partial charge in [0.05, 0.1) is 12.6 Å². The minimum Gasteiger partial charge on any atom is -0.345 e. The molecule has 1 fully saturated rings. The lowest BCUT2D eigenvalue weighted by atomic mass is 10.0. The van der Waals surface area contributed by atoms with Gasteiger partial charge >= 0.3 is 0 Å². The summed E-state index contributed by atoms with van der Waals surface area (Å²) in [5.41, 5.74) is 0. The molecule has 35 heavy (non-hydrogen) atoms. The monoisotopic (exact) mass is 523 g/mol. The third kappa shape index (κ3) is 6.90. The van der Waals surface area contributed by atoms with Crippen molar-refractivity contribution in [3.63, 3.8) is 0 Å². The zero-order valence-corrected chi connectivity index (χ0v) is 21.1. The largest absolute Gasteiger partial charge is 0.345 e. The van der Waals surface area contributed by atoms with E-state index in [0.29, 0.717) is 6.42 Å². The first-order chi connectivity index (χ1) is 16.5. The minimum atomic E-state index is -4.07. The fourth-order valence-electron chi connectivity index (χ4n) is 3.69. The predicted molar refractivity (Wildman–Crippen MR) is 127 cm³/mol. The van der Waals surface area contributed by atoms with Gasteiger partial charge in [-0.3, -0.25) is 9.59 Å². The van der Waals surface area contributed by atoms with Crippen LogP contribution in [0.4, 0.5) is 0 Å². The molecule has 0 saturated carbocycles. The van der Waals surface area contributed by atoms with E-state index in [0.717, 1.165) is 4.31 Å². The van der Waals surface area contributed by atoms with Gasteiger partial charge in [0, 0.05) is 18.9 Å². The molecule has 1 unspecified atom stereocenters. The van der Waals surface area contributed by atoms with Crippen LogP contribution in [-0.2, 0) is 29.6 Å². The Morgan fingerprint density at radius 1 is 1.06 bits per heavy atom. The number of carbonyl (C=O) groups excluding carboxylic acids is 2. The van der Waals surface area contributed by atoms with Crippen molar-refractivity contribution in [1.82, 2.24) is 24.3 Å². The highest BCUT2D eigenvalue weighted by Crippen LogP contribution is 2.18. The fraction of sp³-hybridized carbons (Fsp3) is 0.455. The summed E-state index contributed by atoms with van der Waals surface area (Å²) in [5.74, 6) is -1.16. The van der Waals surface area contributed by atoms with Crippen LogP contribution in [0.5, 0.6) is 0 Å². The third-order valence-electron chi connectivity index (χ3n) is 5.41. The molecule has 0 bridgehead atoms. The van der Waals surface area contributed by atoms with Gasteiger partial charge in [0.2, 0.25) is 5.91 Å². The number of nitrogens with zero attached hydrogens (tertiary/aromatic N) is 3. The van der Waals surface area contributed by atoms with Gasteiger partial charge in [0.25, 0.3) is 20.0 Å². The van der Waals surface area contributed by atoms with Gasteiger partial charge in [0.1, 0.15) is 6.04 Å². The first-order valence-corrected chi connectivity index (χ1v) is 14.1. The Morgan fingerprint density at radius 2 is 1.69 bits per heavy atom. The average Bonchev–Trinajstić information content (AvgIpc) is 3.01. The lowest BCUT2D eigenvalue weighted by Crippen LogP contribution is -2.52. The Kier molecular flexibility index (Phi) is 8.70. The molecule has 3 heterocycles. The molecule has 2 aromatic rings. The third-order valence-corrected chi connectivity index (χ3v) is 8.56. The second-order valence-corrected chi connectivity index (χ2v) is 12.2. The van der Waals surface area contributed by atoms with Crippen LogP contribution in [0.25, 0.3) is 0 Å². The molecule has 1 saturated heterocycles. The second-order valence-electron chi connectivity index (χ2n) is 8.65. The molecule has 2 N–H and O–H groups in total. The number of hydrogen-bond acceptors (Lipinski definition) is 8. The summed E-state index contributed by atoms with van der Waals surface area (Å²) < 4.78 is 54.7. The van der Waals surface area contributed by atoms with Crippen molar-refractivity contribution in [1.29, 1.82) is 0 Å². The van der Waals surface area contributed by atoms with Gasteiger partial charge in [-0.1, -0.05) is 26.0 Å². The van der Waals surface area contributed by atoms with Crippen LogP contribution in [0.15, 0.2) is 58.8 Å². The van der Waals surface area contributed by atoms with Crippen molar-refractivity contribution < 1.29 is 26.4 Å². The van der Waals surface area contributed by atoms with E-state index in [4.69, 9.17) is 0 Å². The Hall–Kier alpha value is -2.74. The molecular formula is C22H29N5O6S2. The molecular weight excluding hydrogens is 494 g/mol. The number of nitrogens with one attached hydrogen (secondary N) is 2. The summed E-state index contributed by atoms with van der Waals surface area (Å²) >= 11 is 0. The van der Waals surface area contributed by atoms with Gasteiger partial charge in [-0.05, 0) is 49.4 Å². The van der Waals surface area contributed by atoms with Crippen molar-refractivity contribution in [3.05, 3.63) is 48.8 Å². The maximum atomic E-state index is 13.1. The topological polar surface area (TPSA) is 156 Å². The van der Waals surface area contributed by atoms with Gasteiger partial charge in [-0.2, -0.15) is 9.03 Å². The molecule has 13 heteroatoms. The number of Topliss-reactive ketones (excluding diaryl/α,β-unsaturated/α-hetero) is 1. The summed E-state index contributed by atoms with van der Waals surface area (Å²) in [6.07, 6.45) is 3.44. The molecule has 11 nitrogen and oxygen atoms in total. The van der Waals surface area contributed by atoms with Crippen molar-refractivity contribution >= 4 is 31.7 Å². The van der Waals surface area contributed by atoms with Crippen molar-refractivity contribution in [2.75, 3.05) is 13.1 Å². The van der Waals surface area contributed by atoms with Crippen LogP contribution in [0.1, 0.15) is 33.1 Å². The molecule has 0 radical (unpaired) electrons. The zero-order chi connectivity index (χ0) is 25.6. The van der Waals surface area contributed by atoms with E-state index >= 15 is 0 Å². The molecule has 190 valence electrons. The van der Waals surface area contributed by atoms with Crippen molar-refractivity contribution in [2.24, 2.45) is 5.92 Å². The van der Waals surface area contributed by atoms with E-state index < -0.39 is 50.4 Å². The van der Waals surface area contributed by atoms with Gasteiger partial charge in [-0.25, -0.2) is 26.8 Å². The number of hydrogen-bond donors (Lipinski definition) is 2. The maximum Gasteiger partial charge on any atom is 0.260 e. The molecule has 1 amide bonds. The first-order valence-electron chi connectivity index (χ1n) is 11.2. The summed E-state index contributed by atoms with van der Waals surface area (Å²) in [5, 5.41) is 2.25. The molecule has 1 aliphatic rings. The summed E-state index contributed by atoms with van der Waals surface area (Å²) in [4.78, 5) is 33.7. The van der Waals surface area contributed by atoms with E-state index in [-0.39, 0.29) is 35.4 Å². The van der Waals surface area contributed by atoms with Crippen LogP contribution < -0.4 is 10.0 Å². The Labute approximate surface area is 205 Å². The highest BCUT2D eigenvalue weighted by molar-refractivity contribution is 7.89. The quantitative estimate of drug-likeness (QED) is 0.487. The van der Waals surface area contributed by atoms with Crippen molar-refractivity contribution in [3.8, 4) is 0 Å². The molecule has 2 aromatic heterocycles. The standard InChI is InChI=1S/C22H29N5O6S2/c1-16(2)14-18(26-34(30,31)20-9-3-5-11-23-20)22(29)25-17-8-7-13-27(15-19(17)28)35(32,33)21-10-4-6-12-24-21/h3-6,9-12,16-18,26H,7-8,13-15H2,1-2H3,(H,25,29)/t17?,18-/m0/s1. The van der Waals surface area contributed by atoms with E-state index in [9.17, 15) is 26.4 Å². The summed E-state index contributed by atoms with van der Waals surface area (Å²) in [6, 6.07) is 6.83. The number of sulfonamides is 2. The Morgan fingerprint density at radius 3 is 2.26 bits per heavy atom. The molecule has 0 aliphatic carbocycles. The van der Waals surface area contributed by atoms with Gasteiger partial charge in [0.15, 0.2) is 15.8 Å². The lowest BCUT2D eigenvalue weighted by molar-refractivity contribution is -0.128. The fourth-order valence-corrected chi connectivity index (χ4v) is 6.22. The smallest absolute Gasteiger partial charge is 0.260 e. The summed E-state index contributed by atoms with van der Waals surface area (Å²) in [7, 11) is -8.04. The van der Waals surface area contributed by atoms with Gasteiger partial charge < -0.3 is 5.32 Å². The molecule has 0 aromatic carbocycles. The molecule has 3 rings (SSSR count). The number of rotatable bonds is 9. The van der Waals surface area contributed by atoms with E-state index in [1.165, 1.54) is 30.6 Å². The number of ketones is 1. The van der Waals surface area contributed by atoms with E-state index in [1.807, 2.05) is 13.8 Å². The average molecular weight is 524 g/mol. The highest BCUT2D eigenvalue weighted by Gasteiger charge is 2.35.